The lowest BCUT2D eigenvalue weighted by Crippen LogP contribution is -2.27. The Hall–Kier alpha value is -0.790. The number of rotatable bonds is 2. The zero-order chi connectivity index (χ0) is 9.42. The van der Waals surface area contributed by atoms with Crippen LogP contribution in [0.3, 0.4) is 0 Å². The average Bonchev–Trinajstić information content (AvgIpc) is 2.63. The van der Waals surface area contributed by atoms with Crippen molar-refractivity contribution in [2.45, 2.75) is 20.3 Å². The lowest BCUT2D eigenvalue weighted by molar-refractivity contribution is -0.150. The van der Waals surface area contributed by atoms with Crippen LogP contribution in [0.2, 0.25) is 0 Å². The smallest absolute Gasteiger partial charge is 0.309 e. The monoisotopic (exact) mass is 180 g/mol. The van der Waals surface area contributed by atoms with E-state index < -0.39 is 0 Å². The highest BCUT2D eigenvalue weighted by Gasteiger charge is 2.46. The third-order valence-corrected chi connectivity index (χ3v) is 3.41. The van der Waals surface area contributed by atoms with Crippen LogP contribution in [-0.2, 0) is 9.53 Å². The van der Waals surface area contributed by atoms with Gasteiger partial charge in [0.2, 0.25) is 0 Å². The van der Waals surface area contributed by atoms with Crippen molar-refractivity contribution in [3.63, 3.8) is 0 Å². The molecule has 4 atom stereocenters. The van der Waals surface area contributed by atoms with Crippen LogP contribution in [0.5, 0.6) is 0 Å². The van der Waals surface area contributed by atoms with Crippen molar-refractivity contribution >= 4 is 5.97 Å². The number of esters is 1. The van der Waals surface area contributed by atoms with E-state index in [1.807, 2.05) is 6.92 Å². The maximum atomic E-state index is 11.6. The predicted octanol–water partition coefficient (Wildman–Crippen LogP) is 2.01. The molecule has 13 heavy (non-hydrogen) atoms. The lowest BCUT2D eigenvalue weighted by Gasteiger charge is -2.22. The second-order valence-electron chi connectivity index (χ2n) is 4.09. The highest BCUT2D eigenvalue weighted by atomic mass is 16.5. The van der Waals surface area contributed by atoms with Crippen molar-refractivity contribution in [3.8, 4) is 0 Å². The molecule has 0 aromatic rings. The minimum Gasteiger partial charge on any atom is -0.466 e. The van der Waals surface area contributed by atoms with E-state index in [1.165, 1.54) is 0 Å². The van der Waals surface area contributed by atoms with E-state index in [4.69, 9.17) is 4.74 Å². The van der Waals surface area contributed by atoms with Gasteiger partial charge in [-0.2, -0.15) is 0 Å². The molecule has 2 aliphatic rings. The van der Waals surface area contributed by atoms with Crippen molar-refractivity contribution in [2.24, 2.45) is 23.7 Å². The zero-order valence-corrected chi connectivity index (χ0v) is 8.19. The Morgan fingerprint density at radius 2 is 2.15 bits per heavy atom. The zero-order valence-electron chi connectivity index (χ0n) is 8.19. The molecule has 2 nitrogen and oxygen atoms in total. The third kappa shape index (κ3) is 1.28. The largest absolute Gasteiger partial charge is 0.466 e. The summed E-state index contributed by atoms with van der Waals surface area (Å²) in [5, 5.41) is 0. The van der Waals surface area contributed by atoms with Crippen LogP contribution < -0.4 is 0 Å². The minimum absolute atomic E-state index is 0.00634. The summed E-state index contributed by atoms with van der Waals surface area (Å²) in [6.45, 7) is 4.53. The van der Waals surface area contributed by atoms with E-state index in [-0.39, 0.29) is 11.9 Å². The number of carbonyl (C=O) groups excluding carboxylic acids is 1. The molecule has 0 amide bonds. The first-order valence-corrected chi connectivity index (χ1v) is 5.09. The number of hydrogen-bond acceptors (Lipinski definition) is 2. The summed E-state index contributed by atoms with van der Waals surface area (Å²) in [4.78, 5) is 11.6. The maximum Gasteiger partial charge on any atom is 0.309 e. The van der Waals surface area contributed by atoms with E-state index in [1.54, 1.807) is 0 Å². The van der Waals surface area contributed by atoms with E-state index in [0.717, 1.165) is 6.42 Å². The standard InChI is InChI=1S/C11H16O2/c1-3-13-11(12)10-7(2)8-4-5-9(10)6-8/h4-5,7-10H,3,6H2,1-2H3/t7-,8+,9-,10+/m0/s1. The fraction of sp³-hybridized carbons (Fsp3) is 0.727. The molecule has 2 heteroatoms. The van der Waals surface area contributed by atoms with Gasteiger partial charge >= 0.3 is 5.97 Å². The molecular weight excluding hydrogens is 164 g/mol. The quantitative estimate of drug-likeness (QED) is 0.480. The van der Waals surface area contributed by atoms with Crippen LogP contribution in [0.25, 0.3) is 0 Å². The first kappa shape index (κ1) is 8.79. The Kier molecular flexibility index (Phi) is 2.14. The second kappa shape index (κ2) is 3.17. The highest BCUT2D eigenvalue weighted by Crippen LogP contribution is 2.48. The third-order valence-electron chi connectivity index (χ3n) is 3.41. The summed E-state index contributed by atoms with van der Waals surface area (Å²) in [6, 6.07) is 0. The van der Waals surface area contributed by atoms with Crippen molar-refractivity contribution < 1.29 is 9.53 Å². The van der Waals surface area contributed by atoms with Crippen molar-refractivity contribution in [1.82, 2.24) is 0 Å². The topological polar surface area (TPSA) is 26.3 Å². The molecule has 0 aliphatic heterocycles. The van der Waals surface area contributed by atoms with E-state index in [0.29, 0.717) is 24.4 Å². The summed E-state index contributed by atoms with van der Waals surface area (Å²) in [7, 11) is 0. The molecule has 0 saturated heterocycles. The Labute approximate surface area is 79.0 Å². The van der Waals surface area contributed by atoms with E-state index >= 15 is 0 Å². The van der Waals surface area contributed by atoms with Crippen molar-refractivity contribution in [2.75, 3.05) is 6.61 Å². The average molecular weight is 180 g/mol. The summed E-state index contributed by atoms with van der Waals surface area (Å²) in [6.07, 6.45) is 5.60. The Balaban J connectivity index is 2.08. The normalized spacial score (nSPS) is 41.1. The molecule has 1 saturated carbocycles. The van der Waals surface area contributed by atoms with Gasteiger partial charge in [0.25, 0.3) is 0 Å². The second-order valence-corrected chi connectivity index (χ2v) is 4.09. The molecule has 0 N–H and O–H groups in total. The van der Waals surface area contributed by atoms with Gasteiger partial charge in [0.1, 0.15) is 0 Å². The van der Waals surface area contributed by atoms with Gasteiger partial charge in [-0.1, -0.05) is 19.1 Å². The van der Waals surface area contributed by atoms with Crippen LogP contribution in [0.4, 0.5) is 0 Å². The molecule has 2 bridgehead atoms. The molecule has 0 spiro atoms. The van der Waals surface area contributed by atoms with Crippen LogP contribution in [0.1, 0.15) is 20.3 Å². The van der Waals surface area contributed by atoms with Gasteiger partial charge in [-0.25, -0.2) is 0 Å². The summed E-state index contributed by atoms with van der Waals surface area (Å²) >= 11 is 0. The van der Waals surface area contributed by atoms with Crippen LogP contribution in [0.15, 0.2) is 12.2 Å². The van der Waals surface area contributed by atoms with Gasteiger partial charge in [0.05, 0.1) is 12.5 Å². The SMILES string of the molecule is CCOC(=O)[C@@H]1[C@@H](C)[C@@H]2C=C[C@H]1C2. The number of ether oxygens (including phenoxy) is 1. The first-order chi connectivity index (χ1) is 6.24. The molecule has 2 aliphatic carbocycles. The first-order valence-electron chi connectivity index (χ1n) is 5.09. The molecule has 0 radical (unpaired) electrons. The molecule has 72 valence electrons. The summed E-state index contributed by atoms with van der Waals surface area (Å²) < 4.78 is 5.08. The maximum absolute atomic E-state index is 11.6. The van der Waals surface area contributed by atoms with E-state index in [2.05, 4.69) is 19.1 Å². The van der Waals surface area contributed by atoms with E-state index in [9.17, 15) is 4.79 Å². The molecule has 2 rings (SSSR count). The van der Waals surface area contributed by atoms with Crippen molar-refractivity contribution in [3.05, 3.63) is 12.2 Å². The molecule has 0 aromatic carbocycles. The minimum atomic E-state index is 0.00634. The predicted molar refractivity (Wildman–Crippen MR) is 50.0 cm³/mol. The molecule has 0 aromatic heterocycles. The van der Waals surface area contributed by atoms with Gasteiger partial charge in [0.15, 0.2) is 0 Å². The summed E-state index contributed by atoms with van der Waals surface area (Å²) in [5.74, 6) is 1.70. The van der Waals surface area contributed by atoms with Crippen molar-refractivity contribution in [1.29, 1.82) is 0 Å². The molecule has 1 fully saturated rings. The van der Waals surface area contributed by atoms with Gasteiger partial charge in [-0.05, 0) is 31.1 Å². The Morgan fingerprint density at radius 3 is 2.69 bits per heavy atom. The van der Waals surface area contributed by atoms with Gasteiger partial charge in [0, 0.05) is 0 Å². The highest BCUT2D eigenvalue weighted by molar-refractivity contribution is 5.74. The van der Waals surface area contributed by atoms with Crippen LogP contribution >= 0.6 is 0 Å². The molecule has 0 unspecified atom stereocenters. The summed E-state index contributed by atoms with van der Waals surface area (Å²) in [5.41, 5.74) is 0. The fourth-order valence-electron chi connectivity index (χ4n) is 2.70. The van der Waals surface area contributed by atoms with Gasteiger partial charge < -0.3 is 4.74 Å². The number of carbonyl (C=O) groups is 1. The lowest BCUT2D eigenvalue weighted by atomic mass is 9.84. The van der Waals surface area contributed by atoms with Gasteiger partial charge in [-0.15, -0.1) is 0 Å². The number of fused-ring (bicyclic) bond motifs is 2. The number of hydrogen-bond donors (Lipinski definition) is 0. The van der Waals surface area contributed by atoms with Crippen LogP contribution in [-0.4, -0.2) is 12.6 Å². The Bertz CT molecular complexity index is 244. The van der Waals surface area contributed by atoms with Crippen LogP contribution in [0, 0.1) is 23.7 Å². The fourth-order valence-corrected chi connectivity index (χ4v) is 2.70. The molecular formula is C11H16O2. The molecule has 0 heterocycles. The number of allylic oxidation sites excluding steroid dienone is 2. The van der Waals surface area contributed by atoms with Gasteiger partial charge in [-0.3, -0.25) is 4.79 Å². The Morgan fingerprint density at radius 1 is 1.46 bits per heavy atom.